The Morgan fingerprint density at radius 2 is 1.69 bits per heavy atom. The van der Waals surface area contributed by atoms with Gasteiger partial charge in [-0.25, -0.2) is 0 Å². The Labute approximate surface area is 185 Å². The van der Waals surface area contributed by atoms with Crippen molar-refractivity contribution in [2.75, 3.05) is 6.54 Å². The predicted molar refractivity (Wildman–Crippen MR) is 116 cm³/mol. The summed E-state index contributed by atoms with van der Waals surface area (Å²) in [6.45, 7) is 7.45. The Balaban J connectivity index is 2.38. The topological polar surface area (TPSA) is 129 Å². The molecule has 0 aliphatic heterocycles. The fraction of sp³-hybridized carbons (Fsp3) is 0.522. The van der Waals surface area contributed by atoms with Gasteiger partial charge in [0.15, 0.2) is 0 Å². The number of para-hydroxylation sites is 1. The van der Waals surface area contributed by atoms with Gasteiger partial charge >= 0.3 is 11.9 Å². The molecule has 172 valence electrons. The first-order valence-corrected chi connectivity index (χ1v) is 10.6. The molecule has 0 spiro atoms. The number of carbonyl (C=O) groups excluding carboxylic acids is 3. The summed E-state index contributed by atoms with van der Waals surface area (Å²) in [6, 6.07) is 7.05. The van der Waals surface area contributed by atoms with E-state index < -0.39 is 52.9 Å². The molecule has 1 heterocycles. The maximum Gasteiger partial charge on any atom is 0.329 e. The molecule has 2 unspecified atom stereocenters. The lowest BCUT2D eigenvalue weighted by Gasteiger charge is -2.39. The number of rotatable bonds is 7. The first kappa shape index (κ1) is 23.4. The lowest BCUT2D eigenvalue weighted by molar-refractivity contribution is -0.484. The van der Waals surface area contributed by atoms with E-state index >= 15 is 0 Å². The summed E-state index contributed by atoms with van der Waals surface area (Å²) in [6.07, 6.45) is -1.31. The van der Waals surface area contributed by atoms with Crippen molar-refractivity contribution < 1.29 is 28.8 Å². The highest BCUT2D eigenvalue weighted by Crippen LogP contribution is 2.50. The molecule has 32 heavy (non-hydrogen) atoms. The molecule has 1 aliphatic rings. The third kappa shape index (κ3) is 3.99. The molecule has 9 heteroatoms. The van der Waals surface area contributed by atoms with Gasteiger partial charge in [-0.2, -0.15) is 0 Å². The van der Waals surface area contributed by atoms with E-state index in [1.807, 2.05) is 0 Å². The summed E-state index contributed by atoms with van der Waals surface area (Å²) < 4.78 is 11.0. The Hall–Kier alpha value is -3.23. The summed E-state index contributed by atoms with van der Waals surface area (Å²) in [7, 11) is 0. The quantitative estimate of drug-likeness (QED) is 0.300. The van der Waals surface area contributed by atoms with Gasteiger partial charge in [0.2, 0.25) is 12.0 Å². The standard InChI is InChI=1S/C23H28N2O7/c1-12(2)31-21(27)23(22(28)32-13(3)4)10-16(14(5)26)17(11-25(29)30)19-15-8-6-7-9-18(15)24-20(19)23/h6-9,12-13,16-17,24H,10-11H2,1-5H3. The fourth-order valence-corrected chi connectivity index (χ4v) is 4.55. The Bertz CT molecular complexity index is 1050. The number of nitrogens with zero attached hydrogens (tertiary/aromatic N) is 1. The van der Waals surface area contributed by atoms with Crippen molar-refractivity contribution in [1.29, 1.82) is 0 Å². The van der Waals surface area contributed by atoms with Crippen molar-refractivity contribution >= 4 is 28.6 Å². The highest BCUT2D eigenvalue weighted by Gasteiger charge is 2.60. The minimum atomic E-state index is -1.94. The third-order valence-corrected chi connectivity index (χ3v) is 5.81. The largest absolute Gasteiger partial charge is 0.462 e. The van der Waals surface area contributed by atoms with Gasteiger partial charge in [0.05, 0.1) is 18.1 Å². The number of benzene rings is 1. The summed E-state index contributed by atoms with van der Waals surface area (Å²) in [5.74, 6) is -3.76. The first-order valence-electron chi connectivity index (χ1n) is 10.6. The van der Waals surface area contributed by atoms with Gasteiger partial charge in [0, 0.05) is 27.4 Å². The van der Waals surface area contributed by atoms with E-state index in [1.165, 1.54) is 6.92 Å². The molecule has 1 aliphatic carbocycles. The Kier molecular flexibility index (Phi) is 6.39. The van der Waals surface area contributed by atoms with Crippen molar-refractivity contribution in [3.63, 3.8) is 0 Å². The molecule has 0 saturated heterocycles. The second-order valence-corrected chi connectivity index (χ2v) is 8.82. The van der Waals surface area contributed by atoms with Gasteiger partial charge < -0.3 is 14.5 Å². The van der Waals surface area contributed by atoms with Crippen molar-refractivity contribution in [1.82, 2.24) is 4.98 Å². The van der Waals surface area contributed by atoms with Crippen LogP contribution in [0.4, 0.5) is 0 Å². The third-order valence-electron chi connectivity index (χ3n) is 5.81. The van der Waals surface area contributed by atoms with Crippen LogP contribution in [0.2, 0.25) is 0 Å². The van der Waals surface area contributed by atoms with Gasteiger partial charge in [0.1, 0.15) is 5.78 Å². The van der Waals surface area contributed by atoms with Crippen LogP contribution in [0.15, 0.2) is 24.3 Å². The number of nitro groups is 1. The molecule has 0 bridgehead atoms. The smallest absolute Gasteiger partial charge is 0.329 e. The summed E-state index contributed by atoms with van der Waals surface area (Å²) in [4.78, 5) is 53.9. The molecular formula is C23H28N2O7. The molecule has 9 nitrogen and oxygen atoms in total. The van der Waals surface area contributed by atoms with Crippen molar-refractivity contribution in [2.45, 2.75) is 64.6 Å². The molecule has 0 amide bonds. The molecular weight excluding hydrogens is 416 g/mol. The van der Waals surface area contributed by atoms with E-state index in [1.54, 1.807) is 52.0 Å². The molecule has 0 saturated carbocycles. The van der Waals surface area contributed by atoms with E-state index in [4.69, 9.17) is 9.47 Å². The van der Waals surface area contributed by atoms with E-state index in [-0.39, 0.29) is 17.9 Å². The number of hydrogen-bond acceptors (Lipinski definition) is 7. The van der Waals surface area contributed by atoms with Gasteiger partial charge in [0.25, 0.3) is 0 Å². The Morgan fingerprint density at radius 1 is 1.12 bits per heavy atom. The lowest BCUT2D eigenvalue weighted by atomic mass is 9.63. The van der Waals surface area contributed by atoms with Gasteiger partial charge in [-0.05, 0) is 52.7 Å². The zero-order valence-corrected chi connectivity index (χ0v) is 18.8. The highest BCUT2D eigenvalue weighted by molar-refractivity contribution is 6.09. The number of ether oxygens (including phenoxy) is 2. The minimum absolute atomic E-state index is 0.208. The number of H-pyrrole nitrogens is 1. The zero-order valence-electron chi connectivity index (χ0n) is 18.8. The second-order valence-electron chi connectivity index (χ2n) is 8.82. The van der Waals surface area contributed by atoms with Crippen LogP contribution in [0, 0.1) is 16.0 Å². The fourth-order valence-electron chi connectivity index (χ4n) is 4.55. The average Bonchev–Trinajstić information content (AvgIpc) is 3.06. The summed E-state index contributed by atoms with van der Waals surface area (Å²) in [5, 5.41) is 12.1. The molecule has 0 fully saturated rings. The predicted octanol–water partition coefficient (Wildman–Crippen LogP) is 3.28. The SMILES string of the molecule is CC(=O)C1CC(C(=O)OC(C)C)(C(=O)OC(C)C)c2[nH]c3ccccc3c2C1C[N+](=O)[O-]. The monoisotopic (exact) mass is 444 g/mol. The van der Waals surface area contributed by atoms with Crippen LogP contribution >= 0.6 is 0 Å². The number of nitrogens with one attached hydrogen (secondary N) is 1. The van der Waals surface area contributed by atoms with E-state index in [0.717, 1.165) is 0 Å². The molecule has 2 atom stereocenters. The molecule has 1 aromatic carbocycles. The maximum atomic E-state index is 13.5. The highest BCUT2D eigenvalue weighted by atomic mass is 16.6. The van der Waals surface area contributed by atoms with Crippen molar-refractivity contribution in [3.8, 4) is 0 Å². The van der Waals surface area contributed by atoms with Gasteiger partial charge in [-0.3, -0.25) is 24.5 Å². The average molecular weight is 444 g/mol. The molecule has 0 radical (unpaired) electrons. The minimum Gasteiger partial charge on any atom is -0.462 e. The van der Waals surface area contributed by atoms with E-state index in [2.05, 4.69) is 4.98 Å². The lowest BCUT2D eigenvalue weighted by Crippen LogP contribution is -2.53. The summed E-state index contributed by atoms with van der Waals surface area (Å²) in [5.41, 5.74) is -0.703. The van der Waals surface area contributed by atoms with Gasteiger partial charge in [-0.1, -0.05) is 18.2 Å². The molecule has 1 aromatic heterocycles. The van der Waals surface area contributed by atoms with Crippen LogP contribution in [0.3, 0.4) is 0 Å². The number of carbonyl (C=O) groups is 3. The summed E-state index contributed by atoms with van der Waals surface area (Å²) >= 11 is 0. The van der Waals surface area contributed by atoms with Gasteiger partial charge in [-0.15, -0.1) is 0 Å². The number of aromatic amines is 1. The van der Waals surface area contributed by atoms with Crippen LogP contribution in [0.5, 0.6) is 0 Å². The molecule has 3 rings (SSSR count). The normalized spacial score (nSPS) is 19.6. The van der Waals surface area contributed by atoms with Crippen LogP contribution in [-0.2, 0) is 29.3 Å². The first-order chi connectivity index (χ1) is 15.0. The second kappa shape index (κ2) is 8.72. The Morgan fingerprint density at radius 3 is 2.19 bits per heavy atom. The number of aromatic nitrogens is 1. The number of esters is 2. The van der Waals surface area contributed by atoms with Crippen molar-refractivity contribution in [2.24, 2.45) is 5.92 Å². The number of fused-ring (bicyclic) bond motifs is 3. The van der Waals surface area contributed by atoms with E-state index in [0.29, 0.717) is 16.5 Å². The van der Waals surface area contributed by atoms with E-state index in [9.17, 15) is 24.5 Å². The number of hydrogen-bond donors (Lipinski definition) is 1. The molecule has 1 N–H and O–H groups in total. The number of Topliss-reactive ketones (excluding diaryl/α,β-unsaturated/α-hetero) is 1. The van der Waals surface area contributed by atoms with Crippen LogP contribution in [0.1, 0.15) is 58.2 Å². The maximum absolute atomic E-state index is 13.5. The van der Waals surface area contributed by atoms with Crippen LogP contribution in [-0.4, -0.2) is 46.4 Å². The number of ketones is 1. The zero-order chi connectivity index (χ0) is 23.8. The van der Waals surface area contributed by atoms with Crippen LogP contribution < -0.4 is 0 Å². The molecule has 2 aromatic rings. The van der Waals surface area contributed by atoms with Crippen molar-refractivity contribution in [3.05, 3.63) is 45.6 Å². The van der Waals surface area contributed by atoms with Crippen LogP contribution in [0.25, 0.3) is 10.9 Å².